The van der Waals surface area contributed by atoms with Gasteiger partial charge in [0, 0.05) is 11.8 Å². The van der Waals surface area contributed by atoms with Gasteiger partial charge in [-0.3, -0.25) is 9.59 Å². The van der Waals surface area contributed by atoms with Crippen LogP contribution in [0.4, 0.5) is 0 Å². The molecule has 0 radical (unpaired) electrons. The summed E-state index contributed by atoms with van der Waals surface area (Å²) in [4.78, 5) is 21.7. The molecule has 3 nitrogen and oxygen atoms in total. The molecule has 0 heterocycles. The number of methoxy groups -OCH3 is 1. The second-order valence-corrected chi connectivity index (χ2v) is 4.62. The largest absolute Gasteiger partial charge is 0.468 e. The van der Waals surface area contributed by atoms with Crippen LogP contribution in [0.3, 0.4) is 0 Å². The van der Waals surface area contributed by atoms with Crippen molar-refractivity contribution < 1.29 is 14.3 Å². The average molecular weight is 203 g/mol. The van der Waals surface area contributed by atoms with Crippen molar-refractivity contribution in [3.63, 3.8) is 0 Å². The zero-order valence-electron chi connectivity index (χ0n) is 7.59. The Morgan fingerprint density at radius 1 is 1.69 bits per heavy atom. The fourth-order valence-electron chi connectivity index (χ4n) is 2.56. The van der Waals surface area contributed by atoms with E-state index in [1.807, 2.05) is 6.92 Å². The van der Waals surface area contributed by atoms with E-state index in [1.54, 1.807) is 0 Å². The molecule has 2 aliphatic carbocycles. The van der Waals surface area contributed by atoms with Crippen molar-refractivity contribution in [1.29, 1.82) is 0 Å². The third-order valence-corrected chi connectivity index (χ3v) is 4.28. The van der Waals surface area contributed by atoms with Gasteiger partial charge >= 0.3 is 5.97 Å². The molecule has 0 aliphatic heterocycles. The number of fused-ring (bicyclic) bond motifs is 1. The van der Waals surface area contributed by atoms with E-state index < -0.39 is 10.8 Å². The summed E-state index contributed by atoms with van der Waals surface area (Å²) in [5.74, 6) is -0.674. The van der Waals surface area contributed by atoms with E-state index in [-0.39, 0.29) is 17.1 Å². The SMILES string of the molecule is COC(=O)[C@@]1(Cl)[C@H]2C(=O)CC[C@]21C. The van der Waals surface area contributed by atoms with Crippen LogP contribution in [0, 0.1) is 11.3 Å². The molecular weight excluding hydrogens is 192 g/mol. The Morgan fingerprint density at radius 3 is 2.69 bits per heavy atom. The van der Waals surface area contributed by atoms with Crippen LogP contribution in [0.5, 0.6) is 0 Å². The number of ketones is 1. The number of carbonyl (C=O) groups is 2. The third-order valence-electron chi connectivity index (χ3n) is 3.48. The van der Waals surface area contributed by atoms with Gasteiger partial charge in [0.1, 0.15) is 5.78 Å². The zero-order chi connectivity index (χ0) is 9.85. The Labute approximate surface area is 81.4 Å². The Bertz CT molecular complexity index is 301. The van der Waals surface area contributed by atoms with E-state index >= 15 is 0 Å². The molecule has 0 N–H and O–H groups in total. The number of esters is 1. The molecular formula is C9H11ClO3. The van der Waals surface area contributed by atoms with Gasteiger partial charge < -0.3 is 4.74 Å². The Morgan fingerprint density at radius 2 is 2.31 bits per heavy atom. The number of alkyl halides is 1. The number of ether oxygens (including phenoxy) is 1. The highest BCUT2D eigenvalue weighted by molar-refractivity contribution is 6.40. The normalized spacial score (nSPS) is 47.3. The highest BCUT2D eigenvalue weighted by Crippen LogP contribution is 2.73. The molecule has 0 aromatic heterocycles. The second-order valence-electron chi connectivity index (χ2n) is 4.02. The van der Waals surface area contributed by atoms with Crippen molar-refractivity contribution >= 4 is 23.4 Å². The summed E-state index contributed by atoms with van der Waals surface area (Å²) in [6, 6.07) is 0. The maximum atomic E-state index is 11.4. The first-order valence-corrected chi connectivity index (χ1v) is 4.66. The topological polar surface area (TPSA) is 43.4 Å². The monoisotopic (exact) mass is 202 g/mol. The van der Waals surface area contributed by atoms with Gasteiger partial charge in [-0.05, 0) is 6.42 Å². The number of hydrogen-bond donors (Lipinski definition) is 0. The summed E-state index contributed by atoms with van der Waals surface area (Å²) in [5, 5.41) is 0. The molecule has 0 amide bonds. The maximum Gasteiger partial charge on any atom is 0.328 e. The van der Waals surface area contributed by atoms with Crippen molar-refractivity contribution in [2.24, 2.45) is 11.3 Å². The average Bonchev–Trinajstić information content (AvgIpc) is 2.41. The molecule has 4 heteroatoms. The number of hydrogen-bond acceptors (Lipinski definition) is 3. The van der Waals surface area contributed by atoms with Crippen LogP contribution in [0.2, 0.25) is 0 Å². The number of carbonyl (C=O) groups excluding carboxylic acids is 2. The number of Topliss-reactive ketones (excluding diaryl/α,β-unsaturated/α-hetero) is 1. The van der Waals surface area contributed by atoms with E-state index in [0.717, 1.165) is 0 Å². The predicted molar refractivity (Wildman–Crippen MR) is 46.4 cm³/mol. The first-order valence-electron chi connectivity index (χ1n) is 4.28. The molecule has 2 fully saturated rings. The zero-order valence-corrected chi connectivity index (χ0v) is 8.35. The third kappa shape index (κ3) is 0.766. The van der Waals surface area contributed by atoms with Gasteiger partial charge in [-0.25, -0.2) is 0 Å². The van der Waals surface area contributed by atoms with Crippen LogP contribution in [0.15, 0.2) is 0 Å². The Hall–Kier alpha value is -0.570. The summed E-state index contributed by atoms with van der Waals surface area (Å²) in [6.07, 6.45) is 1.25. The quantitative estimate of drug-likeness (QED) is 0.473. The van der Waals surface area contributed by atoms with Gasteiger partial charge in [-0.2, -0.15) is 0 Å². The van der Waals surface area contributed by atoms with Gasteiger partial charge in [0.05, 0.1) is 13.0 Å². The van der Waals surface area contributed by atoms with Gasteiger partial charge in [0.2, 0.25) is 0 Å². The second kappa shape index (κ2) is 2.27. The van der Waals surface area contributed by atoms with Gasteiger partial charge in [0.25, 0.3) is 0 Å². The molecule has 0 aromatic rings. The minimum absolute atomic E-state index is 0.0999. The molecule has 0 spiro atoms. The number of halogens is 1. The molecule has 72 valence electrons. The van der Waals surface area contributed by atoms with Crippen LogP contribution in [0.25, 0.3) is 0 Å². The summed E-state index contributed by atoms with van der Waals surface area (Å²) >= 11 is 6.10. The fraction of sp³-hybridized carbons (Fsp3) is 0.778. The van der Waals surface area contributed by atoms with Gasteiger partial charge in [-0.1, -0.05) is 6.92 Å². The summed E-state index contributed by atoms with van der Waals surface area (Å²) < 4.78 is 4.60. The minimum Gasteiger partial charge on any atom is -0.468 e. The molecule has 2 rings (SSSR count). The highest BCUT2D eigenvalue weighted by Gasteiger charge is 2.83. The van der Waals surface area contributed by atoms with E-state index in [4.69, 9.17) is 11.6 Å². The fourth-order valence-corrected chi connectivity index (χ4v) is 3.15. The molecule has 2 saturated carbocycles. The molecule has 0 unspecified atom stereocenters. The van der Waals surface area contributed by atoms with Crippen molar-refractivity contribution in [2.75, 3.05) is 7.11 Å². The lowest BCUT2D eigenvalue weighted by atomic mass is 10.0. The summed E-state index contributed by atoms with van der Waals surface area (Å²) in [6.45, 7) is 1.88. The van der Waals surface area contributed by atoms with Crippen molar-refractivity contribution in [3.05, 3.63) is 0 Å². The maximum absolute atomic E-state index is 11.4. The Balaban J connectivity index is 2.31. The summed E-state index contributed by atoms with van der Waals surface area (Å²) in [5.41, 5.74) is -0.348. The molecule has 0 saturated heterocycles. The number of rotatable bonds is 1. The minimum atomic E-state index is -1.06. The molecule has 0 bridgehead atoms. The van der Waals surface area contributed by atoms with Crippen LogP contribution in [0.1, 0.15) is 19.8 Å². The van der Waals surface area contributed by atoms with Gasteiger partial charge in [-0.15, -0.1) is 11.6 Å². The molecule has 0 aromatic carbocycles. The van der Waals surface area contributed by atoms with Crippen molar-refractivity contribution in [1.82, 2.24) is 0 Å². The van der Waals surface area contributed by atoms with E-state index in [2.05, 4.69) is 4.74 Å². The lowest BCUT2D eigenvalue weighted by Crippen LogP contribution is -2.28. The smallest absolute Gasteiger partial charge is 0.328 e. The molecule has 13 heavy (non-hydrogen) atoms. The first kappa shape index (κ1) is 9.00. The van der Waals surface area contributed by atoms with Crippen LogP contribution < -0.4 is 0 Å². The first-order chi connectivity index (χ1) is 5.98. The lowest BCUT2D eigenvalue weighted by molar-refractivity contribution is -0.143. The van der Waals surface area contributed by atoms with Crippen LogP contribution >= 0.6 is 11.6 Å². The van der Waals surface area contributed by atoms with Crippen molar-refractivity contribution in [2.45, 2.75) is 24.6 Å². The van der Waals surface area contributed by atoms with Crippen LogP contribution in [-0.4, -0.2) is 23.7 Å². The Kier molecular flexibility index (Phi) is 1.57. The van der Waals surface area contributed by atoms with E-state index in [0.29, 0.717) is 12.8 Å². The highest BCUT2D eigenvalue weighted by atomic mass is 35.5. The van der Waals surface area contributed by atoms with Crippen molar-refractivity contribution in [3.8, 4) is 0 Å². The van der Waals surface area contributed by atoms with E-state index in [9.17, 15) is 9.59 Å². The summed E-state index contributed by atoms with van der Waals surface area (Å²) in [7, 11) is 1.30. The predicted octanol–water partition coefficient (Wildman–Crippen LogP) is 1.14. The van der Waals surface area contributed by atoms with Gasteiger partial charge in [0.15, 0.2) is 4.87 Å². The standard InChI is InChI=1S/C9H11ClO3/c1-8-4-3-5(11)6(8)9(8,10)7(12)13-2/h6H,3-4H2,1-2H3/t6-,8+,9-/m0/s1. The molecule has 3 atom stereocenters. The van der Waals surface area contributed by atoms with E-state index in [1.165, 1.54) is 7.11 Å². The van der Waals surface area contributed by atoms with Crippen LogP contribution in [-0.2, 0) is 14.3 Å². The molecule has 2 aliphatic rings. The lowest BCUT2D eigenvalue weighted by Gasteiger charge is -2.13.